The first-order valence-corrected chi connectivity index (χ1v) is 6.04. The predicted molar refractivity (Wildman–Crippen MR) is 65.7 cm³/mol. The number of hydrogen-bond donors (Lipinski definition) is 1. The van der Waals surface area contributed by atoms with Crippen molar-refractivity contribution < 1.29 is 4.39 Å². The topological polar surface area (TPSA) is 24.9 Å². The van der Waals surface area contributed by atoms with Crippen molar-refractivity contribution in [3.8, 4) is 0 Å². The molecule has 0 bridgehead atoms. The largest absolute Gasteiger partial charge is 0.339 e. The van der Waals surface area contributed by atoms with Gasteiger partial charge in [-0.2, -0.15) is 4.39 Å². The fourth-order valence-corrected chi connectivity index (χ4v) is 1.92. The molecule has 1 aromatic heterocycles. The minimum Gasteiger partial charge on any atom is -0.339 e. The van der Waals surface area contributed by atoms with Gasteiger partial charge in [-0.15, -0.1) is 11.8 Å². The number of para-hydroxylation sites is 1. The lowest BCUT2D eigenvalue weighted by Crippen LogP contribution is -1.95. The first kappa shape index (κ1) is 11.0. The van der Waals surface area contributed by atoms with Crippen molar-refractivity contribution in [1.82, 2.24) is 4.98 Å². The van der Waals surface area contributed by atoms with Crippen LogP contribution in [0.4, 0.5) is 15.9 Å². The lowest BCUT2D eigenvalue weighted by atomic mass is 10.3. The van der Waals surface area contributed by atoms with Crippen LogP contribution >= 0.6 is 11.8 Å². The molecule has 82 valence electrons. The number of hydrogen-bond acceptors (Lipinski definition) is 3. The fraction of sp³-hybridized carbons (Fsp3) is 0.0833. The van der Waals surface area contributed by atoms with Gasteiger partial charge in [0.05, 0.1) is 5.69 Å². The summed E-state index contributed by atoms with van der Waals surface area (Å²) in [6.07, 6.45) is 2.00. The van der Waals surface area contributed by atoms with Crippen molar-refractivity contribution >= 4 is 23.3 Å². The quantitative estimate of drug-likeness (QED) is 0.647. The minimum absolute atomic E-state index is 0.480. The highest BCUT2D eigenvalue weighted by atomic mass is 32.2. The predicted octanol–water partition coefficient (Wildman–Crippen LogP) is 3.69. The standard InChI is InChI=1S/C12H11FN2S/c1-16-10-6-3-2-5-9(10)14-12-8-4-7-11(13)15-12/h2-8H,1H3,(H,14,15). The van der Waals surface area contributed by atoms with Crippen LogP contribution in [0.25, 0.3) is 0 Å². The zero-order valence-corrected chi connectivity index (χ0v) is 9.59. The van der Waals surface area contributed by atoms with Crippen LogP contribution in [-0.2, 0) is 0 Å². The molecule has 0 aliphatic heterocycles. The normalized spacial score (nSPS) is 10.1. The zero-order chi connectivity index (χ0) is 11.4. The molecule has 0 aliphatic carbocycles. The van der Waals surface area contributed by atoms with Crippen molar-refractivity contribution in [3.05, 3.63) is 48.4 Å². The monoisotopic (exact) mass is 234 g/mol. The first-order chi connectivity index (χ1) is 7.79. The lowest BCUT2D eigenvalue weighted by Gasteiger charge is -2.09. The summed E-state index contributed by atoms with van der Waals surface area (Å²) < 4.78 is 12.9. The van der Waals surface area contributed by atoms with Gasteiger partial charge in [0, 0.05) is 4.90 Å². The van der Waals surface area contributed by atoms with Crippen LogP contribution in [0.3, 0.4) is 0 Å². The smallest absolute Gasteiger partial charge is 0.214 e. The summed E-state index contributed by atoms with van der Waals surface area (Å²) in [6.45, 7) is 0. The Hall–Kier alpha value is -1.55. The zero-order valence-electron chi connectivity index (χ0n) is 8.77. The van der Waals surface area contributed by atoms with Crippen LogP contribution in [0.15, 0.2) is 47.4 Å². The minimum atomic E-state index is -0.480. The number of halogens is 1. The van der Waals surface area contributed by atoms with E-state index in [2.05, 4.69) is 10.3 Å². The SMILES string of the molecule is CSc1ccccc1Nc1cccc(F)n1. The van der Waals surface area contributed by atoms with Gasteiger partial charge >= 0.3 is 0 Å². The van der Waals surface area contributed by atoms with E-state index in [1.165, 1.54) is 6.07 Å². The molecule has 4 heteroatoms. The van der Waals surface area contributed by atoms with E-state index >= 15 is 0 Å². The van der Waals surface area contributed by atoms with E-state index in [0.717, 1.165) is 10.6 Å². The number of thioether (sulfide) groups is 1. The van der Waals surface area contributed by atoms with Crippen molar-refractivity contribution in [1.29, 1.82) is 0 Å². The summed E-state index contributed by atoms with van der Waals surface area (Å²) in [5, 5.41) is 3.09. The van der Waals surface area contributed by atoms with E-state index in [4.69, 9.17) is 0 Å². The van der Waals surface area contributed by atoms with Crippen LogP contribution in [0.1, 0.15) is 0 Å². The first-order valence-electron chi connectivity index (χ1n) is 4.82. The number of nitrogens with one attached hydrogen (secondary N) is 1. The highest BCUT2D eigenvalue weighted by Crippen LogP contribution is 2.26. The molecule has 0 aliphatic rings. The Labute approximate surface area is 97.9 Å². The molecule has 0 spiro atoms. The molecule has 2 rings (SSSR count). The number of anilines is 2. The summed E-state index contributed by atoms with van der Waals surface area (Å²) in [4.78, 5) is 4.86. The van der Waals surface area contributed by atoms with E-state index in [9.17, 15) is 4.39 Å². The molecule has 1 heterocycles. The fourth-order valence-electron chi connectivity index (χ4n) is 1.36. The second-order valence-corrected chi connectivity index (χ2v) is 4.02. The molecular formula is C12H11FN2S. The van der Waals surface area contributed by atoms with E-state index < -0.39 is 5.95 Å². The average molecular weight is 234 g/mol. The highest BCUT2D eigenvalue weighted by Gasteiger charge is 2.01. The van der Waals surface area contributed by atoms with Crippen LogP contribution in [0, 0.1) is 5.95 Å². The molecule has 0 saturated carbocycles. The van der Waals surface area contributed by atoms with Gasteiger partial charge in [0.2, 0.25) is 5.95 Å². The maximum absolute atomic E-state index is 12.9. The Balaban J connectivity index is 2.26. The Morgan fingerprint density at radius 2 is 1.94 bits per heavy atom. The molecule has 0 saturated heterocycles. The molecule has 2 nitrogen and oxygen atoms in total. The van der Waals surface area contributed by atoms with Gasteiger partial charge in [0.15, 0.2) is 0 Å². The van der Waals surface area contributed by atoms with Gasteiger partial charge in [0.25, 0.3) is 0 Å². The molecule has 0 fully saturated rings. The summed E-state index contributed by atoms with van der Waals surface area (Å²) in [7, 11) is 0. The van der Waals surface area contributed by atoms with E-state index in [1.54, 1.807) is 23.9 Å². The van der Waals surface area contributed by atoms with Crippen LogP contribution < -0.4 is 5.32 Å². The molecule has 0 unspecified atom stereocenters. The molecule has 1 aromatic carbocycles. The third-order valence-corrected chi connectivity index (χ3v) is 2.88. The second kappa shape index (κ2) is 4.99. The maximum atomic E-state index is 12.9. The Morgan fingerprint density at radius 3 is 2.69 bits per heavy atom. The van der Waals surface area contributed by atoms with Gasteiger partial charge in [-0.25, -0.2) is 4.98 Å². The van der Waals surface area contributed by atoms with Crippen molar-refractivity contribution in [2.45, 2.75) is 4.90 Å². The number of aromatic nitrogens is 1. The van der Waals surface area contributed by atoms with E-state index in [1.807, 2.05) is 30.5 Å². The van der Waals surface area contributed by atoms with E-state index in [-0.39, 0.29) is 0 Å². The number of benzene rings is 1. The number of pyridine rings is 1. The number of rotatable bonds is 3. The average Bonchev–Trinajstić information content (AvgIpc) is 2.30. The van der Waals surface area contributed by atoms with Gasteiger partial charge in [-0.3, -0.25) is 0 Å². The van der Waals surface area contributed by atoms with Crippen LogP contribution in [-0.4, -0.2) is 11.2 Å². The van der Waals surface area contributed by atoms with Crippen molar-refractivity contribution in [2.24, 2.45) is 0 Å². The molecule has 16 heavy (non-hydrogen) atoms. The lowest BCUT2D eigenvalue weighted by molar-refractivity contribution is 0.585. The summed E-state index contributed by atoms with van der Waals surface area (Å²) in [6, 6.07) is 12.5. The van der Waals surface area contributed by atoms with Crippen molar-refractivity contribution in [2.75, 3.05) is 11.6 Å². The van der Waals surface area contributed by atoms with Gasteiger partial charge < -0.3 is 5.32 Å². The second-order valence-electron chi connectivity index (χ2n) is 3.17. The van der Waals surface area contributed by atoms with Crippen molar-refractivity contribution in [3.63, 3.8) is 0 Å². The third-order valence-electron chi connectivity index (χ3n) is 2.08. The maximum Gasteiger partial charge on any atom is 0.214 e. The summed E-state index contributed by atoms with van der Waals surface area (Å²) in [5.74, 6) is 0.0353. The van der Waals surface area contributed by atoms with Gasteiger partial charge in [-0.1, -0.05) is 18.2 Å². The summed E-state index contributed by atoms with van der Waals surface area (Å²) >= 11 is 1.63. The van der Waals surface area contributed by atoms with Crippen LogP contribution in [0.5, 0.6) is 0 Å². The summed E-state index contributed by atoms with van der Waals surface area (Å²) in [5.41, 5.74) is 0.938. The molecular weight excluding hydrogens is 223 g/mol. The molecule has 2 aromatic rings. The van der Waals surface area contributed by atoms with Gasteiger partial charge in [-0.05, 0) is 30.5 Å². The highest BCUT2D eigenvalue weighted by molar-refractivity contribution is 7.98. The van der Waals surface area contributed by atoms with E-state index in [0.29, 0.717) is 5.82 Å². The molecule has 0 amide bonds. The Morgan fingerprint density at radius 1 is 1.12 bits per heavy atom. The molecule has 0 radical (unpaired) electrons. The Kier molecular flexibility index (Phi) is 3.41. The third kappa shape index (κ3) is 2.52. The Bertz CT molecular complexity index is 488. The van der Waals surface area contributed by atoms with Crippen LogP contribution in [0.2, 0.25) is 0 Å². The van der Waals surface area contributed by atoms with Gasteiger partial charge in [0.1, 0.15) is 5.82 Å². The molecule has 0 atom stereocenters. The number of nitrogens with zero attached hydrogens (tertiary/aromatic N) is 1. The molecule has 1 N–H and O–H groups in total.